The van der Waals surface area contributed by atoms with Gasteiger partial charge in [0.2, 0.25) is 0 Å². The van der Waals surface area contributed by atoms with Crippen molar-refractivity contribution in [1.82, 2.24) is 0 Å². The fraction of sp³-hybridized carbons (Fsp3) is 1.00. The fourth-order valence-electron chi connectivity index (χ4n) is 1.18. The summed E-state index contributed by atoms with van der Waals surface area (Å²) in [5.41, 5.74) is 0. The van der Waals surface area contributed by atoms with Gasteiger partial charge >= 0.3 is 0 Å². The molecule has 1 aliphatic heterocycles. The second-order valence-electron chi connectivity index (χ2n) is 2.50. The van der Waals surface area contributed by atoms with Crippen molar-refractivity contribution in [1.29, 1.82) is 0 Å². The monoisotopic (exact) mass is 162 g/mol. The van der Waals surface area contributed by atoms with Gasteiger partial charge in [-0.1, -0.05) is 6.42 Å². The molecular formula is C6H14OSSi. The molecule has 0 N–H and O–H groups in total. The van der Waals surface area contributed by atoms with Gasteiger partial charge in [-0.2, -0.15) is 12.6 Å². The van der Waals surface area contributed by atoms with E-state index in [0.29, 0.717) is 0 Å². The zero-order valence-electron chi connectivity index (χ0n) is 5.68. The third-order valence-electron chi connectivity index (χ3n) is 1.73. The van der Waals surface area contributed by atoms with E-state index in [1.165, 1.54) is 24.9 Å². The summed E-state index contributed by atoms with van der Waals surface area (Å²) >= 11 is 4.19. The standard InChI is InChI=1S/C6H14OSSi/c8-4-6-9-5-2-1-3-7-9/h8-9H,1-6H2. The molecule has 1 saturated heterocycles. The lowest BCUT2D eigenvalue weighted by Crippen LogP contribution is -2.23. The number of rotatable bonds is 2. The molecule has 0 spiro atoms. The smallest absolute Gasteiger partial charge is 0.177 e. The minimum Gasteiger partial charge on any atom is -0.420 e. The molecule has 1 atom stereocenters. The SMILES string of the molecule is SCC[SiH]1CCCCO1. The molecule has 1 aliphatic rings. The van der Waals surface area contributed by atoms with E-state index >= 15 is 0 Å². The Bertz CT molecular complexity index is 70.7. The Hall–Kier alpha value is 0.527. The molecule has 1 heterocycles. The Labute approximate surface area is 63.9 Å². The predicted molar refractivity (Wildman–Crippen MR) is 45.8 cm³/mol. The van der Waals surface area contributed by atoms with Crippen molar-refractivity contribution < 1.29 is 4.43 Å². The normalized spacial score (nSPS) is 28.3. The van der Waals surface area contributed by atoms with Crippen LogP contribution in [0.5, 0.6) is 0 Å². The highest BCUT2D eigenvalue weighted by atomic mass is 32.1. The first kappa shape index (κ1) is 7.63. The summed E-state index contributed by atoms with van der Waals surface area (Å²) in [5.74, 6) is 1.02. The molecule has 1 fully saturated rings. The van der Waals surface area contributed by atoms with Crippen LogP contribution in [0.15, 0.2) is 0 Å². The average molecular weight is 162 g/mol. The molecule has 0 amide bonds. The van der Waals surface area contributed by atoms with Crippen LogP contribution in [0.25, 0.3) is 0 Å². The van der Waals surface area contributed by atoms with E-state index in [1.807, 2.05) is 0 Å². The topological polar surface area (TPSA) is 9.23 Å². The summed E-state index contributed by atoms with van der Waals surface area (Å²) in [6.07, 6.45) is 2.70. The van der Waals surface area contributed by atoms with Crippen molar-refractivity contribution in [2.45, 2.75) is 24.9 Å². The van der Waals surface area contributed by atoms with Gasteiger partial charge in [0.25, 0.3) is 0 Å². The summed E-state index contributed by atoms with van der Waals surface area (Å²) in [6.45, 7) is 1.03. The van der Waals surface area contributed by atoms with Gasteiger partial charge in [-0.15, -0.1) is 0 Å². The number of thiol groups is 1. The molecule has 0 saturated carbocycles. The summed E-state index contributed by atoms with van der Waals surface area (Å²) < 4.78 is 5.61. The molecule has 9 heavy (non-hydrogen) atoms. The van der Waals surface area contributed by atoms with E-state index in [4.69, 9.17) is 4.43 Å². The molecule has 0 bridgehead atoms. The number of hydrogen-bond donors (Lipinski definition) is 1. The summed E-state index contributed by atoms with van der Waals surface area (Å²) in [6, 6.07) is 2.66. The molecule has 1 nitrogen and oxygen atoms in total. The van der Waals surface area contributed by atoms with Gasteiger partial charge in [0.15, 0.2) is 9.04 Å². The lowest BCUT2D eigenvalue weighted by Gasteiger charge is -2.19. The van der Waals surface area contributed by atoms with E-state index < -0.39 is 9.04 Å². The molecule has 0 aromatic carbocycles. The molecular weight excluding hydrogens is 148 g/mol. The Morgan fingerprint density at radius 2 is 2.33 bits per heavy atom. The highest BCUT2D eigenvalue weighted by Gasteiger charge is 2.14. The molecule has 1 rings (SSSR count). The quantitative estimate of drug-likeness (QED) is 0.478. The minimum absolute atomic E-state index is 0.703. The third kappa shape index (κ3) is 2.73. The summed E-state index contributed by atoms with van der Waals surface area (Å²) in [4.78, 5) is 0. The van der Waals surface area contributed by atoms with Crippen LogP contribution < -0.4 is 0 Å². The molecule has 0 radical (unpaired) electrons. The molecule has 0 aliphatic carbocycles. The van der Waals surface area contributed by atoms with Gasteiger partial charge in [0.05, 0.1) is 0 Å². The van der Waals surface area contributed by atoms with Gasteiger partial charge in [0.1, 0.15) is 0 Å². The highest BCUT2D eigenvalue weighted by molar-refractivity contribution is 7.80. The van der Waals surface area contributed by atoms with Gasteiger partial charge in [0, 0.05) is 6.61 Å². The second kappa shape index (κ2) is 4.36. The maximum atomic E-state index is 5.61. The van der Waals surface area contributed by atoms with Crippen LogP contribution in [0.1, 0.15) is 12.8 Å². The first-order valence-electron chi connectivity index (χ1n) is 3.66. The molecule has 0 aromatic heterocycles. The van der Waals surface area contributed by atoms with Crippen LogP contribution >= 0.6 is 12.6 Å². The second-order valence-corrected chi connectivity index (χ2v) is 5.68. The lowest BCUT2D eigenvalue weighted by molar-refractivity contribution is 0.287. The van der Waals surface area contributed by atoms with E-state index in [-0.39, 0.29) is 0 Å². The van der Waals surface area contributed by atoms with Crippen molar-refractivity contribution in [3.8, 4) is 0 Å². The Kier molecular flexibility index (Phi) is 3.70. The Morgan fingerprint density at radius 1 is 1.44 bits per heavy atom. The summed E-state index contributed by atoms with van der Waals surface area (Å²) in [5, 5.41) is 0. The number of hydrogen-bond acceptors (Lipinski definition) is 2. The Balaban J connectivity index is 2.08. The Morgan fingerprint density at radius 3 is 2.89 bits per heavy atom. The highest BCUT2D eigenvalue weighted by Crippen LogP contribution is 2.13. The van der Waals surface area contributed by atoms with Crippen molar-refractivity contribution in [2.24, 2.45) is 0 Å². The van der Waals surface area contributed by atoms with Crippen LogP contribution in [-0.4, -0.2) is 21.4 Å². The maximum Gasteiger partial charge on any atom is 0.177 e. The van der Waals surface area contributed by atoms with Crippen molar-refractivity contribution in [2.75, 3.05) is 12.4 Å². The van der Waals surface area contributed by atoms with Crippen molar-refractivity contribution in [3.63, 3.8) is 0 Å². The fourth-order valence-corrected chi connectivity index (χ4v) is 4.20. The van der Waals surface area contributed by atoms with E-state index in [1.54, 1.807) is 0 Å². The van der Waals surface area contributed by atoms with E-state index in [9.17, 15) is 0 Å². The first-order chi connectivity index (χ1) is 4.43. The predicted octanol–water partition coefficient (Wildman–Crippen LogP) is 1.45. The van der Waals surface area contributed by atoms with Crippen molar-refractivity contribution >= 4 is 21.7 Å². The summed E-state index contributed by atoms with van der Waals surface area (Å²) in [7, 11) is -0.703. The van der Waals surface area contributed by atoms with Gasteiger partial charge in [-0.05, 0) is 24.3 Å². The van der Waals surface area contributed by atoms with E-state index in [0.717, 1.165) is 12.4 Å². The van der Waals surface area contributed by atoms with Crippen LogP contribution in [-0.2, 0) is 4.43 Å². The van der Waals surface area contributed by atoms with Crippen LogP contribution in [0, 0.1) is 0 Å². The van der Waals surface area contributed by atoms with Gasteiger partial charge in [-0.25, -0.2) is 0 Å². The van der Waals surface area contributed by atoms with E-state index in [2.05, 4.69) is 12.6 Å². The first-order valence-corrected chi connectivity index (χ1v) is 6.39. The largest absolute Gasteiger partial charge is 0.420 e. The average Bonchev–Trinajstić information content (AvgIpc) is 1.91. The van der Waals surface area contributed by atoms with Crippen LogP contribution in [0.3, 0.4) is 0 Å². The third-order valence-corrected chi connectivity index (χ3v) is 5.16. The molecule has 1 unspecified atom stereocenters. The van der Waals surface area contributed by atoms with Crippen LogP contribution in [0.2, 0.25) is 12.1 Å². The van der Waals surface area contributed by atoms with Crippen LogP contribution in [0.4, 0.5) is 0 Å². The zero-order valence-corrected chi connectivity index (χ0v) is 7.72. The minimum atomic E-state index is -0.703. The molecule has 0 aromatic rings. The van der Waals surface area contributed by atoms with Gasteiger partial charge < -0.3 is 4.43 Å². The van der Waals surface area contributed by atoms with Gasteiger partial charge in [-0.3, -0.25) is 0 Å². The molecule has 3 heteroatoms. The maximum absolute atomic E-state index is 5.61. The lowest BCUT2D eigenvalue weighted by atomic mass is 10.4. The zero-order chi connectivity index (χ0) is 6.53. The van der Waals surface area contributed by atoms with Crippen molar-refractivity contribution in [3.05, 3.63) is 0 Å². The molecule has 54 valence electrons.